The largest absolute Gasteiger partial charge is 0.379 e. The lowest BCUT2D eigenvalue weighted by Crippen LogP contribution is -2.22. The smallest absolute Gasteiger partial charge is 0.234 e. The Morgan fingerprint density at radius 2 is 1.85 bits per heavy atom. The monoisotopic (exact) mass is 207 g/mol. The van der Waals surface area contributed by atoms with Crippen LogP contribution in [0, 0.1) is 0 Å². The van der Waals surface area contributed by atoms with Crippen molar-refractivity contribution in [3.63, 3.8) is 0 Å². The first-order valence-electron chi connectivity index (χ1n) is 4.46. The molecule has 4 nitrogen and oxygen atoms in total. The van der Waals surface area contributed by atoms with Gasteiger partial charge in [0.25, 0.3) is 0 Å². The Kier molecular flexibility index (Phi) is 9.77. The van der Waals surface area contributed by atoms with Crippen LogP contribution < -0.4 is 5.32 Å². The van der Waals surface area contributed by atoms with Gasteiger partial charge in [-0.3, -0.25) is 4.79 Å². The lowest BCUT2D eigenvalue weighted by atomic mass is 10.5. The van der Waals surface area contributed by atoms with Gasteiger partial charge in [0.05, 0.1) is 19.8 Å². The number of carbonyl (C=O) groups excluding carboxylic acids is 1. The SMILES string of the molecule is CCCOCCOCCNC(=O)P. The van der Waals surface area contributed by atoms with Crippen LogP contribution in [0.15, 0.2) is 0 Å². The highest BCUT2D eigenvalue weighted by atomic mass is 31.0. The summed E-state index contributed by atoms with van der Waals surface area (Å²) in [5.74, 6) is 0. The summed E-state index contributed by atoms with van der Waals surface area (Å²) in [6.45, 7) is 5.15. The normalized spacial score (nSPS) is 10.0. The van der Waals surface area contributed by atoms with Gasteiger partial charge in [0, 0.05) is 13.2 Å². The summed E-state index contributed by atoms with van der Waals surface area (Å²) >= 11 is 0. The Balaban J connectivity index is 2.87. The Hall–Kier alpha value is -0.180. The fourth-order valence-electron chi connectivity index (χ4n) is 0.713. The molecule has 78 valence electrons. The van der Waals surface area contributed by atoms with E-state index in [4.69, 9.17) is 9.47 Å². The highest BCUT2D eigenvalue weighted by Crippen LogP contribution is 1.83. The van der Waals surface area contributed by atoms with Gasteiger partial charge >= 0.3 is 0 Å². The summed E-state index contributed by atoms with van der Waals surface area (Å²) < 4.78 is 10.4. The third-order valence-electron chi connectivity index (χ3n) is 1.27. The van der Waals surface area contributed by atoms with Crippen molar-refractivity contribution in [2.45, 2.75) is 13.3 Å². The number of rotatable bonds is 8. The molecule has 1 atom stereocenters. The summed E-state index contributed by atoms with van der Waals surface area (Å²) in [4.78, 5) is 10.4. The van der Waals surface area contributed by atoms with Crippen molar-refractivity contribution in [3.8, 4) is 0 Å². The number of amides is 1. The van der Waals surface area contributed by atoms with E-state index in [2.05, 4.69) is 12.2 Å². The van der Waals surface area contributed by atoms with Gasteiger partial charge in [0.1, 0.15) is 0 Å². The molecule has 0 aromatic rings. The molecule has 0 aromatic carbocycles. The second-order valence-corrected chi connectivity index (χ2v) is 3.04. The molecule has 1 amide bonds. The second kappa shape index (κ2) is 9.90. The van der Waals surface area contributed by atoms with Crippen molar-refractivity contribution in [3.05, 3.63) is 0 Å². The Labute approximate surface area is 81.6 Å². The predicted octanol–water partition coefficient (Wildman–Crippen LogP) is 1.01. The molecule has 0 spiro atoms. The highest BCUT2D eigenvalue weighted by Gasteiger charge is 1.91. The predicted molar refractivity (Wildman–Crippen MR) is 55.0 cm³/mol. The highest BCUT2D eigenvalue weighted by molar-refractivity contribution is 7.39. The summed E-state index contributed by atoms with van der Waals surface area (Å²) in [7, 11) is 2.05. The van der Waals surface area contributed by atoms with Gasteiger partial charge in [-0.15, -0.1) is 0 Å². The van der Waals surface area contributed by atoms with E-state index in [9.17, 15) is 4.79 Å². The Bertz CT molecular complexity index is 133. The molecule has 0 saturated heterocycles. The van der Waals surface area contributed by atoms with Crippen LogP contribution in [0.25, 0.3) is 0 Å². The summed E-state index contributed by atoms with van der Waals surface area (Å²) in [6, 6.07) is 0. The molecular weight excluding hydrogens is 189 g/mol. The van der Waals surface area contributed by atoms with E-state index in [1.165, 1.54) is 0 Å². The minimum Gasteiger partial charge on any atom is -0.379 e. The second-order valence-electron chi connectivity index (χ2n) is 2.52. The third kappa shape index (κ3) is 11.8. The Morgan fingerprint density at radius 3 is 2.38 bits per heavy atom. The van der Waals surface area contributed by atoms with Crippen molar-refractivity contribution in [1.29, 1.82) is 0 Å². The topological polar surface area (TPSA) is 47.6 Å². The maximum Gasteiger partial charge on any atom is 0.234 e. The van der Waals surface area contributed by atoms with Crippen molar-refractivity contribution in [2.24, 2.45) is 0 Å². The summed E-state index contributed by atoms with van der Waals surface area (Å²) in [5.41, 5.74) is -0.106. The minimum absolute atomic E-state index is 0.106. The van der Waals surface area contributed by atoms with Gasteiger partial charge in [-0.05, 0) is 15.7 Å². The number of carbonyl (C=O) groups is 1. The molecule has 0 aliphatic heterocycles. The molecule has 0 saturated carbocycles. The van der Waals surface area contributed by atoms with Crippen LogP contribution in [-0.4, -0.2) is 38.6 Å². The quantitative estimate of drug-likeness (QED) is 0.477. The minimum atomic E-state index is -0.106. The van der Waals surface area contributed by atoms with E-state index < -0.39 is 0 Å². The summed E-state index contributed by atoms with van der Waals surface area (Å²) in [6.07, 6.45) is 1.03. The zero-order valence-corrected chi connectivity index (χ0v) is 9.20. The molecule has 0 heterocycles. The molecule has 5 heteroatoms. The summed E-state index contributed by atoms with van der Waals surface area (Å²) in [5, 5.41) is 2.61. The molecule has 1 N–H and O–H groups in total. The fraction of sp³-hybridized carbons (Fsp3) is 0.875. The van der Waals surface area contributed by atoms with Crippen molar-refractivity contribution < 1.29 is 14.3 Å². The number of hydrogen-bond donors (Lipinski definition) is 1. The van der Waals surface area contributed by atoms with Crippen molar-refractivity contribution >= 4 is 14.9 Å². The van der Waals surface area contributed by atoms with E-state index in [0.29, 0.717) is 26.4 Å². The average Bonchev–Trinajstić information content (AvgIpc) is 2.09. The maximum atomic E-state index is 10.4. The first kappa shape index (κ1) is 12.8. The fourth-order valence-corrected chi connectivity index (χ4v) is 0.857. The van der Waals surface area contributed by atoms with Crippen molar-refractivity contribution in [2.75, 3.05) is 33.0 Å². The van der Waals surface area contributed by atoms with E-state index in [1.807, 2.05) is 9.24 Å². The molecule has 0 aliphatic carbocycles. The molecule has 0 rings (SSSR count). The van der Waals surface area contributed by atoms with Gasteiger partial charge < -0.3 is 14.8 Å². The molecule has 1 unspecified atom stereocenters. The average molecular weight is 207 g/mol. The van der Waals surface area contributed by atoms with Gasteiger partial charge in [-0.1, -0.05) is 6.92 Å². The van der Waals surface area contributed by atoms with Crippen LogP contribution in [0.3, 0.4) is 0 Å². The van der Waals surface area contributed by atoms with Crippen LogP contribution in [0.4, 0.5) is 4.79 Å². The standard InChI is InChI=1S/C8H18NO3P/c1-2-4-11-6-7-12-5-3-9-8(10)13/h2-7,13H2,1H3,(H,9,10). The third-order valence-corrected chi connectivity index (χ3v) is 1.47. The van der Waals surface area contributed by atoms with Crippen molar-refractivity contribution in [1.82, 2.24) is 5.32 Å². The van der Waals surface area contributed by atoms with Gasteiger partial charge in [0.15, 0.2) is 0 Å². The molecule has 0 aromatic heterocycles. The van der Waals surface area contributed by atoms with Gasteiger partial charge in [-0.2, -0.15) is 0 Å². The zero-order valence-electron chi connectivity index (χ0n) is 8.04. The van der Waals surface area contributed by atoms with Crippen LogP contribution in [0.2, 0.25) is 0 Å². The van der Waals surface area contributed by atoms with Gasteiger partial charge in [0.2, 0.25) is 5.65 Å². The Morgan fingerprint density at radius 1 is 1.23 bits per heavy atom. The van der Waals surface area contributed by atoms with Crippen LogP contribution >= 0.6 is 9.24 Å². The van der Waals surface area contributed by atoms with E-state index in [0.717, 1.165) is 13.0 Å². The number of nitrogens with one attached hydrogen (secondary N) is 1. The molecular formula is C8H18NO3P. The lowest BCUT2D eigenvalue weighted by Gasteiger charge is -2.04. The lowest BCUT2D eigenvalue weighted by molar-refractivity contribution is 0.0498. The van der Waals surface area contributed by atoms with Crippen LogP contribution in [-0.2, 0) is 9.47 Å². The number of ether oxygens (including phenoxy) is 2. The molecule has 13 heavy (non-hydrogen) atoms. The van der Waals surface area contributed by atoms with Crippen LogP contribution in [0.5, 0.6) is 0 Å². The molecule has 0 bridgehead atoms. The van der Waals surface area contributed by atoms with E-state index >= 15 is 0 Å². The first-order valence-corrected chi connectivity index (χ1v) is 5.04. The van der Waals surface area contributed by atoms with E-state index in [1.54, 1.807) is 0 Å². The van der Waals surface area contributed by atoms with E-state index in [-0.39, 0.29) is 5.65 Å². The first-order chi connectivity index (χ1) is 6.27. The number of hydrogen-bond acceptors (Lipinski definition) is 3. The van der Waals surface area contributed by atoms with Crippen LogP contribution in [0.1, 0.15) is 13.3 Å². The van der Waals surface area contributed by atoms with Gasteiger partial charge in [-0.25, -0.2) is 0 Å². The maximum absolute atomic E-state index is 10.4. The molecule has 0 radical (unpaired) electrons. The molecule has 0 aliphatic rings. The molecule has 0 fully saturated rings. The zero-order chi connectivity index (χ0) is 9.94.